The molecule has 6 heteroatoms. The van der Waals surface area contributed by atoms with E-state index in [1.807, 2.05) is 41.3 Å². The largest absolute Gasteiger partial charge is 0.388 e. The van der Waals surface area contributed by atoms with Gasteiger partial charge in [-0.25, -0.2) is 0 Å². The summed E-state index contributed by atoms with van der Waals surface area (Å²) < 4.78 is 4.83. The van der Waals surface area contributed by atoms with Crippen LogP contribution in [0.2, 0.25) is 0 Å². The molecule has 6 nitrogen and oxygen atoms in total. The molecule has 1 unspecified atom stereocenters. The molecule has 1 N–H and O–H groups in total. The number of nitrogens with zero attached hydrogens (tertiary/aromatic N) is 3. The van der Waals surface area contributed by atoms with Crippen molar-refractivity contribution in [2.75, 3.05) is 26.2 Å². The minimum Gasteiger partial charge on any atom is -0.388 e. The van der Waals surface area contributed by atoms with Crippen molar-refractivity contribution < 1.29 is 14.4 Å². The van der Waals surface area contributed by atoms with Gasteiger partial charge >= 0.3 is 0 Å². The number of carbonyl (C=O) groups is 1. The van der Waals surface area contributed by atoms with Gasteiger partial charge in [-0.15, -0.1) is 0 Å². The molecule has 1 aromatic carbocycles. The summed E-state index contributed by atoms with van der Waals surface area (Å²) in [5.74, 6) is 0.00226. The van der Waals surface area contributed by atoms with Crippen LogP contribution in [0.1, 0.15) is 23.8 Å². The fourth-order valence-corrected chi connectivity index (χ4v) is 2.79. The lowest BCUT2D eigenvalue weighted by Crippen LogP contribution is -2.48. The number of hydrogen-bond donors (Lipinski definition) is 1. The van der Waals surface area contributed by atoms with E-state index in [0.717, 1.165) is 30.9 Å². The Morgan fingerprint density at radius 1 is 1.17 bits per heavy atom. The van der Waals surface area contributed by atoms with Crippen molar-refractivity contribution in [1.82, 2.24) is 15.0 Å². The van der Waals surface area contributed by atoms with Gasteiger partial charge in [0.2, 0.25) is 5.91 Å². The van der Waals surface area contributed by atoms with E-state index < -0.39 is 6.10 Å². The first-order valence-corrected chi connectivity index (χ1v) is 7.85. The van der Waals surface area contributed by atoms with Crippen LogP contribution in [0.4, 0.5) is 0 Å². The molecule has 1 atom stereocenters. The van der Waals surface area contributed by atoms with Gasteiger partial charge in [-0.1, -0.05) is 35.5 Å². The maximum absolute atomic E-state index is 12.3. The Hall–Kier alpha value is -2.18. The molecule has 0 radical (unpaired) electrons. The van der Waals surface area contributed by atoms with Gasteiger partial charge in [-0.2, -0.15) is 0 Å². The zero-order valence-corrected chi connectivity index (χ0v) is 13.0. The first kappa shape index (κ1) is 15.7. The average Bonchev–Trinajstić information content (AvgIpc) is 3.09. The van der Waals surface area contributed by atoms with Gasteiger partial charge in [0, 0.05) is 38.8 Å². The van der Waals surface area contributed by atoms with E-state index in [0.29, 0.717) is 13.1 Å². The van der Waals surface area contributed by atoms with Crippen LogP contribution >= 0.6 is 0 Å². The van der Waals surface area contributed by atoms with E-state index in [-0.39, 0.29) is 12.3 Å². The molecule has 1 fully saturated rings. The Morgan fingerprint density at radius 3 is 2.57 bits per heavy atom. The normalized spacial score (nSPS) is 17.2. The lowest BCUT2D eigenvalue weighted by molar-refractivity contribution is -0.135. The Balaban J connectivity index is 1.46. The van der Waals surface area contributed by atoms with E-state index in [2.05, 4.69) is 10.1 Å². The Morgan fingerprint density at radius 2 is 1.91 bits per heavy atom. The molecule has 2 aromatic rings. The molecule has 1 aliphatic heterocycles. The molecular weight excluding hydrogens is 294 g/mol. The third-order valence-electron chi connectivity index (χ3n) is 4.15. The topological polar surface area (TPSA) is 69.8 Å². The molecule has 1 saturated heterocycles. The number of hydrogen-bond acceptors (Lipinski definition) is 5. The van der Waals surface area contributed by atoms with Gasteiger partial charge in [0.1, 0.15) is 6.26 Å². The second-order valence-corrected chi connectivity index (χ2v) is 5.78. The van der Waals surface area contributed by atoms with E-state index in [1.165, 1.54) is 0 Å². The molecule has 3 rings (SSSR count). The van der Waals surface area contributed by atoms with E-state index in [4.69, 9.17) is 4.52 Å². The minimum absolute atomic E-state index is 0.00226. The number of amides is 1. The molecule has 0 bridgehead atoms. The lowest BCUT2D eigenvalue weighted by atomic mass is 10.1. The quantitative estimate of drug-likeness (QED) is 0.904. The van der Waals surface area contributed by atoms with Crippen LogP contribution in [0.15, 0.2) is 47.2 Å². The SMILES string of the molecule is O=C(CC(O)c1ccccc1)N1CCN(Cc2ccon2)CC1. The van der Waals surface area contributed by atoms with Crippen molar-refractivity contribution in [3.63, 3.8) is 0 Å². The Bertz CT molecular complexity index is 607. The molecule has 1 aliphatic rings. The zero-order chi connectivity index (χ0) is 16.1. The Kier molecular flexibility index (Phi) is 5.05. The summed E-state index contributed by atoms with van der Waals surface area (Å²) in [6, 6.07) is 11.2. The van der Waals surface area contributed by atoms with Crippen molar-refractivity contribution >= 4 is 5.91 Å². The standard InChI is InChI=1S/C17H21N3O3/c21-16(14-4-2-1-3-5-14)12-17(22)20-9-7-19(8-10-20)13-15-6-11-23-18-15/h1-6,11,16,21H,7-10,12-13H2. The Labute approximate surface area is 135 Å². The van der Waals surface area contributed by atoms with E-state index in [9.17, 15) is 9.90 Å². The fourth-order valence-electron chi connectivity index (χ4n) is 2.79. The summed E-state index contributed by atoms with van der Waals surface area (Å²) in [6.45, 7) is 3.71. The highest BCUT2D eigenvalue weighted by molar-refractivity contribution is 5.77. The lowest BCUT2D eigenvalue weighted by Gasteiger charge is -2.34. The molecule has 0 saturated carbocycles. The highest BCUT2D eigenvalue weighted by atomic mass is 16.5. The molecule has 23 heavy (non-hydrogen) atoms. The maximum atomic E-state index is 12.3. The van der Waals surface area contributed by atoms with Crippen LogP contribution in [-0.2, 0) is 11.3 Å². The van der Waals surface area contributed by atoms with Gasteiger partial charge in [0.05, 0.1) is 18.2 Å². The minimum atomic E-state index is -0.739. The first-order valence-electron chi connectivity index (χ1n) is 7.85. The molecule has 1 aromatic heterocycles. The van der Waals surface area contributed by atoms with Gasteiger partial charge in [-0.3, -0.25) is 9.69 Å². The average molecular weight is 315 g/mol. The number of benzene rings is 1. The van der Waals surface area contributed by atoms with Crippen molar-refractivity contribution in [2.24, 2.45) is 0 Å². The summed E-state index contributed by atoms with van der Waals surface area (Å²) in [7, 11) is 0. The second-order valence-electron chi connectivity index (χ2n) is 5.78. The smallest absolute Gasteiger partial charge is 0.225 e. The van der Waals surface area contributed by atoms with E-state index >= 15 is 0 Å². The molecular formula is C17H21N3O3. The van der Waals surface area contributed by atoms with E-state index in [1.54, 1.807) is 6.26 Å². The molecule has 2 heterocycles. The molecule has 1 amide bonds. The van der Waals surface area contributed by atoms with Gasteiger partial charge < -0.3 is 14.5 Å². The van der Waals surface area contributed by atoms with Crippen molar-refractivity contribution in [2.45, 2.75) is 19.1 Å². The number of rotatable bonds is 5. The zero-order valence-electron chi connectivity index (χ0n) is 13.0. The highest BCUT2D eigenvalue weighted by Crippen LogP contribution is 2.18. The van der Waals surface area contributed by atoms with Gasteiger partial charge in [0.15, 0.2) is 0 Å². The monoisotopic (exact) mass is 315 g/mol. The first-order chi connectivity index (χ1) is 11.2. The number of aromatic nitrogens is 1. The molecule has 0 aliphatic carbocycles. The van der Waals surface area contributed by atoms with Crippen LogP contribution in [0.5, 0.6) is 0 Å². The predicted molar refractivity (Wildman–Crippen MR) is 84.4 cm³/mol. The van der Waals surface area contributed by atoms with Crippen molar-refractivity contribution in [1.29, 1.82) is 0 Å². The second kappa shape index (κ2) is 7.39. The number of aliphatic hydroxyl groups is 1. The van der Waals surface area contributed by atoms with Crippen LogP contribution in [-0.4, -0.2) is 52.1 Å². The molecule has 122 valence electrons. The van der Waals surface area contributed by atoms with Crippen LogP contribution in [0.25, 0.3) is 0 Å². The maximum Gasteiger partial charge on any atom is 0.225 e. The summed E-state index contributed by atoms with van der Waals surface area (Å²) in [4.78, 5) is 16.4. The third-order valence-corrected chi connectivity index (χ3v) is 4.15. The highest BCUT2D eigenvalue weighted by Gasteiger charge is 2.23. The van der Waals surface area contributed by atoms with Crippen LogP contribution < -0.4 is 0 Å². The van der Waals surface area contributed by atoms with Gasteiger partial charge in [-0.05, 0) is 5.56 Å². The van der Waals surface area contributed by atoms with Crippen molar-refractivity contribution in [3.8, 4) is 0 Å². The summed E-state index contributed by atoms with van der Waals surface area (Å²) in [6.07, 6.45) is 0.963. The third kappa shape index (κ3) is 4.18. The number of aliphatic hydroxyl groups excluding tert-OH is 1. The summed E-state index contributed by atoms with van der Waals surface area (Å²) in [5, 5.41) is 14.1. The fraction of sp³-hybridized carbons (Fsp3) is 0.412. The van der Waals surface area contributed by atoms with Crippen LogP contribution in [0.3, 0.4) is 0 Å². The number of carbonyl (C=O) groups excluding carboxylic acids is 1. The van der Waals surface area contributed by atoms with Crippen LogP contribution in [0, 0.1) is 0 Å². The van der Waals surface area contributed by atoms with Gasteiger partial charge in [0.25, 0.3) is 0 Å². The van der Waals surface area contributed by atoms with Crippen molar-refractivity contribution in [3.05, 3.63) is 53.9 Å². The predicted octanol–water partition coefficient (Wildman–Crippen LogP) is 1.44. The summed E-state index contributed by atoms with van der Waals surface area (Å²) >= 11 is 0. The molecule has 0 spiro atoms. The summed E-state index contributed by atoms with van der Waals surface area (Å²) in [5.41, 5.74) is 1.69. The number of piperazine rings is 1.